The first-order chi connectivity index (χ1) is 9.20. The second kappa shape index (κ2) is 7.20. The van der Waals surface area contributed by atoms with Crippen molar-refractivity contribution in [2.24, 2.45) is 0 Å². The summed E-state index contributed by atoms with van der Waals surface area (Å²) in [5, 5.41) is 10.4. The molecule has 1 atom stereocenters. The fourth-order valence-corrected chi connectivity index (χ4v) is 3.44. The van der Waals surface area contributed by atoms with Crippen LogP contribution in [0.2, 0.25) is 10.0 Å². The first-order valence-electron chi connectivity index (χ1n) is 5.84. The van der Waals surface area contributed by atoms with E-state index in [1.54, 1.807) is 30.4 Å². The fourth-order valence-electron chi connectivity index (χ4n) is 1.78. The van der Waals surface area contributed by atoms with Gasteiger partial charge in [-0.15, -0.1) is 11.8 Å². The summed E-state index contributed by atoms with van der Waals surface area (Å²) < 4.78 is 2.00. The zero-order valence-corrected chi connectivity index (χ0v) is 12.5. The van der Waals surface area contributed by atoms with E-state index >= 15 is 0 Å². The van der Waals surface area contributed by atoms with Crippen LogP contribution in [-0.2, 0) is 6.54 Å². The van der Waals surface area contributed by atoms with Crippen molar-refractivity contribution in [1.29, 1.82) is 0 Å². The molecule has 0 amide bonds. The molecule has 19 heavy (non-hydrogen) atoms. The van der Waals surface area contributed by atoms with Crippen molar-refractivity contribution in [2.75, 3.05) is 12.4 Å². The lowest BCUT2D eigenvalue weighted by Crippen LogP contribution is -2.07. The highest BCUT2D eigenvalue weighted by Gasteiger charge is 2.16. The normalized spacial score (nSPS) is 12.6. The number of thioether (sulfide) groups is 1. The molecule has 2 aromatic rings. The van der Waals surface area contributed by atoms with Crippen LogP contribution in [0.15, 0.2) is 36.9 Å². The lowest BCUT2D eigenvalue weighted by molar-refractivity contribution is 0.322. The van der Waals surface area contributed by atoms with E-state index < -0.39 is 0 Å². The van der Waals surface area contributed by atoms with Gasteiger partial charge in [0.05, 0.1) is 12.9 Å². The Hall–Kier alpha value is -0.680. The Morgan fingerprint density at radius 3 is 2.84 bits per heavy atom. The molecule has 6 heteroatoms. The van der Waals surface area contributed by atoms with Gasteiger partial charge in [-0.3, -0.25) is 0 Å². The zero-order chi connectivity index (χ0) is 13.7. The SMILES string of the molecule is OCCSC(Cn1ccnc1)c1ccc(Cl)cc1Cl. The minimum atomic E-state index is 0.149. The first kappa shape index (κ1) is 14.7. The van der Waals surface area contributed by atoms with Gasteiger partial charge in [0.15, 0.2) is 0 Å². The van der Waals surface area contributed by atoms with Gasteiger partial charge in [0.1, 0.15) is 0 Å². The molecule has 0 saturated carbocycles. The van der Waals surface area contributed by atoms with Crippen molar-refractivity contribution in [3.63, 3.8) is 0 Å². The number of aliphatic hydroxyl groups excluding tert-OH is 1. The zero-order valence-electron chi connectivity index (χ0n) is 10.2. The number of benzene rings is 1. The van der Waals surface area contributed by atoms with Gasteiger partial charge < -0.3 is 9.67 Å². The summed E-state index contributed by atoms with van der Waals surface area (Å²) in [6, 6.07) is 5.53. The van der Waals surface area contributed by atoms with Crippen molar-refractivity contribution in [3.8, 4) is 0 Å². The van der Waals surface area contributed by atoms with Gasteiger partial charge in [-0.25, -0.2) is 4.98 Å². The summed E-state index contributed by atoms with van der Waals surface area (Å²) in [5.41, 5.74) is 1.03. The van der Waals surface area contributed by atoms with Crippen molar-refractivity contribution >= 4 is 35.0 Å². The topological polar surface area (TPSA) is 38.0 Å². The molecule has 3 nitrogen and oxygen atoms in total. The molecule has 1 unspecified atom stereocenters. The molecular weight excluding hydrogens is 303 g/mol. The summed E-state index contributed by atoms with van der Waals surface area (Å²) in [6.07, 6.45) is 5.43. The summed E-state index contributed by atoms with van der Waals surface area (Å²) >= 11 is 13.8. The summed E-state index contributed by atoms with van der Waals surface area (Å²) in [5.74, 6) is 0.665. The second-order valence-corrected chi connectivity index (χ2v) is 6.16. The second-order valence-electron chi connectivity index (χ2n) is 4.01. The Labute approximate surface area is 126 Å². The molecular formula is C13H14Cl2N2OS. The van der Waals surface area contributed by atoms with Gasteiger partial charge in [-0.05, 0) is 17.7 Å². The molecule has 1 aromatic heterocycles. The average Bonchev–Trinajstić information content (AvgIpc) is 2.88. The molecule has 0 aliphatic rings. The van der Waals surface area contributed by atoms with Gasteiger partial charge in [0, 0.05) is 40.0 Å². The van der Waals surface area contributed by atoms with E-state index in [4.69, 9.17) is 28.3 Å². The molecule has 102 valence electrons. The third-order valence-electron chi connectivity index (χ3n) is 2.66. The molecule has 2 rings (SSSR count). The van der Waals surface area contributed by atoms with E-state index in [-0.39, 0.29) is 11.9 Å². The van der Waals surface area contributed by atoms with Crippen LogP contribution >= 0.6 is 35.0 Å². The van der Waals surface area contributed by atoms with Crippen molar-refractivity contribution in [1.82, 2.24) is 9.55 Å². The van der Waals surface area contributed by atoms with Gasteiger partial charge in [0.2, 0.25) is 0 Å². The third-order valence-corrected chi connectivity index (χ3v) is 4.44. The third kappa shape index (κ3) is 4.14. The van der Waals surface area contributed by atoms with E-state index in [1.165, 1.54) is 0 Å². The molecule has 0 aliphatic heterocycles. The van der Waals surface area contributed by atoms with Crippen LogP contribution in [0.4, 0.5) is 0 Å². The number of nitrogens with zero attached hydrogens (tertiary/aromatic N) is 2. The lowest BCUT2D eigenvalue weighted by atomic mass is 10.1. The highest BCUT2D eigenvalue weighted by Crippen LogP contribution is 2.36. The van der Waals surface area contributed by atoms with E-state index in [1.807, 2.05) is 22.9 Å². The van der Waals surface area contributed by atoms with E-state index in [0.717, 1.165) is 12.1 Å². The van der Waals surface area contributed by atoms with E-state index in [9.17, 15) is 0 Å². The molecule has 0 fully saturated rings. The monoisotopic (exact) mass is 316 g/mol. The molecule has 0 saturated heterocycles. The molecule has 0 bridgehead atoms. The number of halogens is 2. The predicted octanol–water partition coefficient (Wildman–Crippen LogP) is 3.66. The van der Waals surface area contributed by atoms with Crippen molar-refractivity contribution < 1.29 is 5.11 Å². The maximum absolute atomic E-state index is 9.01. The van der Waals surface area contributed by atoms with Gasteiger partial charge >= 0.3 is 0 Å². The predicted molar refractivity (Wildman–Crippen MR) is 81.0 cm³/mol. The quantitative estimate of drug-likeness (QED) is 0.883. The number of hydrogen-bond acceptors (Lipinski definition) is 3. The average molecular weight is 317 g/mol. The molecule has 0 spiro atoms. The van der Waals surface area contributed by atoms with Crippen LogP contribution in [0, 0.1) is 0 Å². The lowest BCUT2D eigenvalue weighted by Gasteiger charge is -2.18. The number of aromatic nitrogens is 2. The first-order valence-corrected chi connectivity index (χ1v) is 7.64. The Morgan fingerprint density at radius 2 is 2.21 bits per heavy atom. The minimum absolute atomic E-state index is 0.149. The van der Waals surface area contributed by atoms with Crippen LogP contribution in [0.5, 0.6) is 0 Å². The number of hydrogen-bond donors (Lipinski definition) is 1. The Kier molecular flexibility index (Phi) is 5.58. The standard InChI is InChI=1S/C13H14Cl2N2OS/c14-10-1-2-11(12(15)7-10)13(19-6-5-18)8-17-4-3-16-9-17/h1-4,7,9,13,18H,5-6,8H2. The number of aliphatic hydroxyl groups is 1. The Morgan fingerprint density at radius 1 is 1.37 bits per heavy atom. The van der Waals surface area contributed by atoms with Crippen molar-refractivity contribution in [2.45, 2.75) is 11.8 Å². The van der Waals surface area contributed by atoms with Crippen molar-refractivity contribution in [3.05, 3.63) is 52.5 Å². The van der Waals surface area contributed by atoms with Crippen LogP contribution < -0.4 is 0 Å². The molecule has 1 N–H and O–H groups in total. The number of imidazole rings is 1. The van der Waals surface area contributed by atoms with E-state index in [2.05, 4.69) is 4.98 Å². The minimum Gasteiger partial charge on any atom is -0.396 e. The highest BCUT2D eigenvalue weighted by molar-refractivity contribution is 7.99. The van der Waals surface area contributed by atoms with E-state index in [0.29, 0.717) is 15.8 Å². The summed E-state index contributed by atoms with van der Waals surface area (Å²) in [4.78, 5) is 4.04. The van der Waals surface area contributed by atoms with Gasteiger partial charge in [0.25, 0.3) is 0 Å². The largest absolute Gasteiger partial charge is 0.396 e. The highest BCUT2D eigenvalue weighted by atomic mass is 35.5. The maximum Gasteiger partial charge on any atom is 0.0946 e. The fraction of sp³-hybridized carbons (Fsp3) is 0.308. The Bertz CT molecular complexity index is 519. The molecule has 0 aliphatic carbocycles. The van der Waals surface area contributed by atoms with Crippen LogP contribution in [0.1, 0.15) is 10.8 Å². The van der Waals surface area contributed by atoms with Gasteiger partial charge in [-0.2, -0.15) is 0 Å². The van der Waals surface area contributed by atoms with Crippen LogP contribution in [-0.4, -0.2) is 27.0 Å². The van der Waals surface area contributed by atoms with Crippen LogP contribution in [0.3, 0.4) is 0 Å². The maximum atomic E-state index is 9.01. The van der Waals surface area contributed by atoms with Crippen LogP contribution in [0.25, 0.3) is 0 Å². The number of rotatable bonds is 6. The smallest absolute Gasteiger partial charge is 0.0946 e. The summed E-state index contributed by atoms with van der Waals surface area (Å²) in [6.45, 7) is 0.905. The Balaban J connectivity index is 2.20. The molecule has 1 heterocycles. The molecule has 0 radical (unpaired) electrons. The van der Waals surface area contributed by atoms with Gasteiger partial charge in [-0.1, -0.05) is 29.3 Å². The summed E-state index contributed by atoms with van der Waals surface area (Å²) in [7, 11) is 0. The molecule has 1 aromatic carbocycles.